The van der Waals surface area contributed by atoms with Crippen LogP contribution in [0.1, 0.15) is 37.8 Å². The van der Waals surface area contributed by atoms with Crippen LogP contribution in [0.4, 0.5) is 0 Å². The molecular weight excluding hydrogens is 552 g/mol. The van der Waals surface area contributed by atoms with Gasteiger partial charge >= 0.3 is 0 Å². The van der Waals surface area contributed by atoms with Gasteiger partial charge in [0.2, 0.25) is 12.7 Å². The number of benzene rings is 2. The van der Waals surface area contributed by atoms with Crippen LogP contribution in [0.2, 0.25) is 0 Å². The van der Waals surface area contributed by atoms with Gasteiger partial charge in [-0.1, -0.05) is 43.3 Å². The van der Waals surface area contributed by atoms with Crippen molar-refractivity contribution in [3.63, 3.8) is 0 Å². The Bertz CT molecular complexity index is 1320. The quantitative estimate of drug-likeness (QED) is 0.311. The van der Waals surface area contributed by atoms with E-state index < -0.39 is 23.5 Å². The minimum absolute atomic E-state index is 0.0330. The van der Waals surface area contributed by atoms with Crippen LogP contribution in [-0.4, -0.2) is 86.0 Å². The monoisotopic (exact) mass is 592 g/mol. The van der Waals surface area contributed by atoms with E-state index in [-0.39, 0.29) is 55.9 Å². The Morgan fingerprint density at radius 3 is 2.37 bits per heavy atom. The summed E-state index contributed by atoms with van der Waals surface area (Å²) < 4.78 is 21.7. The topological polar surface area (TPSA) is 124 Å². The number of nitrogens with zero attached hydrogens (tertiary/aromatic N) is 1. The molecule has 4 atom stereocenters. The molecular formula is C33H40N2O8. The molecule has 1 amide bonds. The fourth-order valence-electron chi connectivity index (χ4n) is 5.59. The molecule has 0 bridgehead atoms. The van der Waals surface area contributed by atoms with E-state index >= 15 is 0 Å². The van der Waals surface area contributed by atoms with Crippen molar-refractivity contribution in [1.29, 1.82) is 0 Å². The number of hydrogen-bond acceptors (Lipinski definition) is 9. The summed E-state index contributed by atoms with van der Waals surface area (Å²) in [6, 6.07) is 14.1. The maximum absolute atomic E-state index is 13.9. The van der Waals surface area contributed by atoms with Gasteiger partial charge < -0.3 is 24.3 Å². The second kappa shape index (κ2) is 13.8. The number of carbonyl (C=O) groups is 4. The number of morpholine rings is 1. The van der Waals surface area contributed by atoms with Crippen LogP contribution in [0.25, 0.3) is 0 Å². The van der Waals surface area contributed by atoms with E-state index in [0.29, 0.717) is 50.8 Å². The molecule has 43 heavy (non-hydrogen) atoms. The van der Waals surface area contributed by atoms with Crippen molar-refractivity contribution in [1.82, 2.24) is 10.2 Å². The lowest BCUT2D eigenvalue weighted by Crippen LogP contribution is -2.46. The fraction of sp³-hybridized carbons (Fsp3) is 0.515. The van der Waals surface area contributed by atoms with Crippen LogP contribution >= 0.6 is 0 Å². The van der Waals surface area contributed by atoms with E-state index in [4.69, 9.17) is 18.9 Å². The summed E-state index contributed by atoms with van der Waals surface area (Å²) in [5, 5.41) is 2.92. The van der Waals surface area contributed by atoms with Gasteiger partial charge in [0.1, 0.15) is 11.4 Å². The lowest BCUT2D eigenvalue weighted by atomic mass is 9.83. The molecule has 0 saturated carbocycles. The Morgan fingerprint density at radius 2 is 1.65 bits per heavy atom. The predicted molar refractivity (Wildman–Crippen MR) is 157 cm³/mol. The summed E-state index contributed by atoms with van der Waals surface area (Å²) in [5.74, 6) is -0.807. The molecule has 3 aliphatic heterocycles. The molecule has 1 N–H and O–H groups in total. The fourth-order valence-corrected chi connectivity index (χ4v) is 5.59. The van der Waals surface area contributed by atoms with Crippen LogP contribution in [0.5, 0.6) is 11.5 Å². The van der Waals surface area contributed by atoms with Gasteiger partial charge in [0.25, 0.3) is 0 Å². The molecule has 10 heteroatoms. The van der Waals surface area contributed by atoms with Crippen molar-refractivity contribution in [2.75, 3.05) is 46.2 Å². The maximum Gasteiger partial charge on any atom is 0.231 e. The zero-order valence-corrected chi connectivity index (χ0v) is 24.8. The number of carbonyl (C=O) groups excluding carboxylic acids is 4. The third-order valence-corrected chi connectivity index (χ3v) is 8.31. The maximum atomic E-state index is 13.9. The number of rotatable bonds is 15. The Labute approximate surface area is 252 Å². The van der Waals surface area contributed by atoms with Gasteiger partial charge in [0.15, 0.2) is 23.1 Å². The molecule has 0 aromatic heterocycles. The number of ketones is 3. The number of epoxide rings is 1. The first-order chi connectivity index (χ1) is 20.7. The van der Waals surface area contributed by atoms with Gasteiger partial charge in [0, 0.05) is 37.8 Å². The van der Waals surface area contributed by atoms with E-state index in [1.807, 2.05) is 41.3 Å². The van der Waals surface area contributed by atoms with Crippen molar-refractivity contribution < 1.29 is 38.1 Å². The molecule has 0 spiro atoms. The molecule has 2 aromatic carbocycles. The van der Waals surface area contributed by atoms with Crippen molar-refractivity contribution in [3.05, 3.63) is 59.7 Å². The average Bonchev–Trinajstić information content (AvgIpc) is 3.58. The van der Waals surface area contributed by atoms with Gasteiger partial charge in [-0.15, -0.1) is 0 Å². The first kappa shape index (κ1) is 30.8. The van der Waals surface area contributed by atoms with E-state index in [0.717, 1.165) is 11.1 Å². The highest BCUT2D eigenvalue weighted by molar-refractivity contribution is 5.97. The third kappa shape index (κ3) is 8.28. The Balaban J connectivity index is 1.29. The zero-order valence-electron chi connectivity index (χ0n) is 24.8. The van der Waals surface area contributed by atoms with E-state index in [1.54, 1.807) is 26.0 Å². The van der Waals surface area contributed by atoms with E-state index in [9.17, 15) is 19.2 Å². The number of fused-ring (bicyclic) bond motifs is 1. The lowest BCUT2D eigenvalue weighted by Gasteiger charge is -2.26. The largest absolute Gasteiger partial charge is 0.454 e. The van der Waals surface area contributed by atoms with Gasteiger partial charge in [-0.2, -0.15) is 0 Å². The lowest BCUT2D eigenvalue weighted by molar-refractivity contribution is -0.134. The summed E-state index contributed by atoms with van der Waals surface area (Å²) in [6.45, 7) is 6.72. The first-order valence-electron chi connectivity index (χ1n) is 15.0. The Morgan fingerprint density at radius 1 is 0.930 bits per heavy atom. The Kier molecular flexibility index (Phi) is 9.90. The molecule has 2 saturated heterocycles. The van der Waals surface area contributed by atoms with Gasteiger partial charge in [0.05, 0.1) is 32.4 Å². The second-order valence-corrected chi connectivity index (χ2v) is 11.9. The molecule has 0 radical (unpaired) electrons. The SMILES string of the molecule is C[C@H](CC(=O)CN1CCOCC1)C(=O)N[C@@H](Cc1ccc2c(c1)OCO2)C(=O)C[C@@H](Cc1ccccc1)C(=O)[C@@]1(C)CO1. The smallest absolute Gasteiger partial charge is 0.231 e. The molecule has 2 aromatic rings. The highest BCUT2D eigenvalue weighted by Crippen LogP contribution is 2.34. The van der Waals surface area contributed by atoms with Crippen molar-refractivity contribution in [3.8, 4) is 11.5 Å². The molecule has 0 aliphatic carbocycles. The van der Waals surface area contributed by atoms with Crippen LogP contribution in [0.3, 0.4) is 0 Å². The van der Waals surface area contributed by atoms with Crippen LogP contribution < -0.4 is 14.8 Å². The Hall–Kier alpha value is -3.60. The highest BCUT2D eigenvalue weighted by Gasteiger charge is 2.50. The van der Waals surface area contributed by atoms with Crippen LogP contribution in [0.15, 0.2) is 48.5 Å². The first-order valence-corrected chi connectivity index (χ1v) is 15.0. The molecule has 2 fully saturated rings. The van der Waals surface area contributed by atoms with Gasteiger partial charge in [-0.3, -0.25) is 24.1 Å². The summed E-state index contributed by atoms with van der Waals surface area (Å²) in [6.07, 6.45) is 0.614. The third-order valence-electron chi connectivity index (χ3n) is 8.31. The van der Waals surface area contributed by atoms with Gasteiger partial charge in [-0.05, 0) is 43.0 Å². The normalized spacial score (nSPS) is 21.4. The minimum atomic E-state index is -0.899. The van der Waals surface area contributed by atoms with E-state index in [1.165, 1.54) is 0 Å². The molecule has 3 aliphatic rings. The number of amides is 1. The number of ether oxygens (including phenoxy) is 4. The van der Waals surface area contributed by atoms with Crippen molar-refractivity contribution in [2.24, 2.45) is 11.8 Å². The molecule has 230 valence electrons. The highest BCUT2D eigenvalue weighted by atomic mass is 16.7. The molecule has 0 unspecified atom stereocenters. The number of nitrogens with one attached hydrogen (secondary N) is 1. The summed E-state index contributed by atoms with van der Waals surface area (Å²) in [7, 11) is 0. The van der Waals surface area contributed by atoms with Gasteiger partial charge in [-0.25, -0.2) is 0 Å². The number of hydrogen-bond donors (Lipinski definition) is 1. The summed E-state index contributed by atoms with van der Waals surface area (Å²) >= 11 is 0. The van der Waals surface area contributed by atoms with Crippen LogP contribution in [-0.2, 0) is 41.5 Å². The molecule has 3 heterocycles. The second-order valence-electron chi connectivity index (χ2n) is 11.9. The van der Waals surface area contributed by atoms with Crippen molar-refractivity contribution in [2.45, 2.75) is 51.2 Å². The van der Waals surface area contributed by atoms with Crippen LogP contribution in [0, 0.1) is 11.8 Å². The van der Waals surface area contributed by atoms with Crippen molar-refractivity contribution >= 4 is 23.3 Å². The molecule has 10 nitrogen and oxygen atoms in total. The minimum Gasteiger partial charge on any atom is -0.454 e. The predicted octanol–water partition coefficient (Wildman–Crippen LogP) is 2.55. The standard InChI is InChI=1S/C33H40N2O8/c1-22(14-26(36)19-35-10-12-40-13-11-35)32(39)34-27(16-24-8-9-29-30(17-24)42-21-41-29)28(37)18-25(31(38)33(2)20-43-33)15-23-6-4-3-5-7-23/h3-9,17,22,25,27H,10-16,18-21H2,1-2H3,(H,34,39)/t22-,25-,27+,33-/m1/s1. The summed E-state index contributed by atoms with van der Waals surface area (Å²) in [4.78, 5) is 55.5. The zero-order chi connectivity index (χ0) is 30.4. The summed E-state index contributed by atoms with van der Waals surface area (Å²) in [5.41, 5.74) is 0.842. The van der Waals surface area contributed by atoms with E-state index in [2.05, 4.69) is 5.32 Å². The molecule has 5 rings (SSSR count). The number of Topliss-reactive ketones (excluding diaryl/α,β-unsaturated/α-hetero) is 3. The average molecular weight is 593 g/mol.